The minimum Gasteiger partial charge on any atom is -0.489 e. The van der Waals surface area contributed by atoms with Crippen molar-refractivity contribution in [2.24, 2.45) is 0 Å². The monoisotopic (exact) mass is 402 g/mol. The molecule has 8 heteroatoms. The van der Waals surface area contributed by atoms with Crippen molar-refractivity contribution in [2.45, 2.75) is 6.61 Å². The molecule has 0 unspecified atom stereocenters. The Morgan fingerprint density at radius 3 is 2.73 bits per heavy atom. The van der Waals surface area contributed by atoms with Gasteiger partial charge in [0, 0.05) is 12.3 Å². The molecule has 0 fully saturated rings. The highest BCUT2D eigenvalue weighted by Gasteiger charge is 2.10. The van der Waals surface area contributed by atoms with Gasteiger partial charge in [0.05, 0.1) is 22.9 Å². The Bertz CT molecular complexity index is 1370. The number of halogens is 1. The van der Waals surface area contributed by atoms with Crippen LogP contribution in [0, 0.1) is 5.82 Å². The number of aromatic nitrogens is 4. The molecular weight excluding hydrogens is 387 g/mol. The van der Waals surface area contributed by atoms with Gasteiger partial charge in [-0.2, -0.15) is 0 Å². The van der Waals surface area contributed by atoms with E-state index in [9.17, 15) is 9.18 Å². The number of benzene rings is 2. The van der Waals surface area contributed by atoms with Gasteiger partial charge in [-0.1, -0.05) is 12.1 Å². The van der Waals surface area contributed by atoms with Crippen molar-refractivity contribution < 1.29 is 13.5 Å². The Hall–Kier alpha value is -4.20. The standard InChI is InChI=1S/C22H15FN4O3/c23-15-3-1-14(2-4-15)12-29-17-7-8-27(21(28)10-17)16-5-6-18-19(9-16)26-22(25-18)20-11-24-13-30-20/h1-11,13H,12H2,(H,25,26). The molecule has 148 valence electrons. The van der Waals surface area contributed by atoms with E-state index in [4.69, 9.17) is 9.15 Å². The zero-order valence-electron chi connectivity index (χ0n) is 15.6. The molecule has 2 aromatic carbocycles. The van der Waals surface area contributed by atoms with Crippen LogP contribution in [-0.4, -0.2) is 19.5 Å². The maximum Gasteiger partial charge on any atom is 0.258 e. The third-order valence-electron chi connectivity index (χ3n) is 4.62. The average molecular weight is 402 g/mol. The molecule has 0 saturated carbocycles. The molecule has 5 aromatic rings. The number of imidazole rings is 1. The molecule has 3 heterocycles. The Labute approximate surface area is 169 Å². The van der Waals surface area contributed by atoms with Crippen molar-refractivity contribution in [2.75, 3.05) is 0 Å². The van der Waals surface area contributed by atoms with Gasteiger partial charge in [-0.3, -0.25) is 9.36 Å². The minimum atomic E-state index is -0.302. The highest BCUT2D eigenvalue weighted by molar-refractivity contribution is 5.80. The second-order valence-corrected chi connectivity index (χ2v) is 6.64. The Kier molecular flexibility index (Phi) is 4.36. The number of H-pyrrole nitrogens is 1. The van der Waals surface area contributed by atoms with E-state index in [1.165, 1.54) is 29.2 Å². The molecule has 0 saturated heterocycles. The maximum atomic E-state index is 13.0. The van der Waals surface area contributed by atoms with Gasteiger partial charge in [0.15, 0.2) is 18.0 Å². The number of aromatic amines is 1. The SMILES string of the molecule is O=c1cc(OCc2ccc(F)cc2)ccn1-c1ccc2nc(-c3cnco3)[nH]c2c1. The highest BCUT2D eigenvalue weighted by Crippen LogP contribution is 2.22. The van der Waals surface area contributed by atoms with Crippen LogP contribution in [0.4, 0.5) is 4.39 Å². The predicted octanol–water partition coefficient (Wildman–Crippen LogP) is 4.09. The van der Waals surface area contributed by atoms with Gasteiger partial charge < -0.3 is 14.1 Å². The molecule has 30 heavy (non-hydrogen) atoms. The first kappa shape index (κ1) is 17.9. The summed E-state index contributed by atoms with van der Waals surface area (Å²) in [4.78, 5) is 24.1. The van der Waals surface area contributed by atoms with Crippen LogP contribution in [-0.2, 0) is 6.61 Å². The summed E-state index contributed by atoms with van der Waals surface area (Å²) in [6.07, 6.45) is 4.57. The van der Waals surface area contributed by atoms with Crippen LogP contribution in [0.2, 0.25) is 0 Å². The molecule has 0 aliphatic rings. The van der Waals surface area contributed by atoms with Gasteiger partial charge in [-0.15, -0.1) is 0 Å². The van der Waals surface area contributed by atoms with Crippen LogP contribution in [0.15, 0.2) is 82.6 Å². The average Bonchev–Trinajstić information content (AvgIpc) is 3.42. The normalized spacial score (nSPS) is 11.1. The molecule has 3 aromatic heterocycles. The lowest BCUT2D eigenvalue weighted by Crippen LogP contribution is -2.16. The minimum absolute atomic E-state index is 0.235. The number of pyridine rings is 1. The van der Waals surface area contributed by atoms with Crippen molar-refractivity contribution >= 4 is 11.0 Å². The van der Waals surface area contributed by atoms with Crippen molar-refractivity contribution in [1.82, 2.24) is 19.5 Å². The quantitative estimate of drug-likeness (QED) is 0.479. The number of nitrogens with one attached hydrogen (secondary N) is 1. The molecule has 0 aliphatic heterocycles. The predicted molar refractivity (Wildman–Crippen MR) is 108 cm³/mol. The van der Waals surface area contributed by atoms with Crippen LogP contribution in [0.1, 0.15) is 5.56 Å². The number of oxazole rings is 1. The number of ether oxygens (including phenoxy) is 1. The topological polar surface area (TPSA) is 85.9 Å². The second kappa shape index (κ2) is 7.32. The largest absolute Gasteiger partial charge is 0.489 e. The number of hydrogen-bond acceptors (Lipinski definition) is 5. The van der Waals surface area contributed by atoms with E-state index in [0.29, 0.717) is 23.0 Å². The number of nitrogens with zero attached hydrogens (tertiary/aromatic N) is 3. The fourth-order valence-corrected chi connectivity index (χ4v) is 3.11. The Balaban J connectivity index is 1.39. The van der Waals surface area contributed by atoms with Gasteiger partial charge in [0.2, 0.25) is 0 Å². The van der Waals surface area contributed by atoms with Crippen molar-refractivity contribution in [3.8, 4) is 23.0 Å². The number of fused-ring (bicyclic) bond motifs is 1. The lowest BCUT2D eigenvalue weighted by molar-refractivity contribution is 0.305. The first-order valence-electron chi connectivity index (χ1n) is 9.15. The van der Waals surface area contributed by atoms with E-state index < -0.39 is 0 Å². The molecule has 0 bridgehead atoms. The molecule has 7 nitrogen and oxygen atoms in total. The summed E-state index contributed by atoms with van der Waals surface area (Å²) in [5.74, 6) is 1.24. The van der Waals surface area contributed by atoms with E-state index in [1.807, 2.05) is 18.2 Å². The zero-order valence-corrected chi connectivity index (χ0v) is 15.6. The summed E-state index contributed by atoms with van der Waals surface area (Å²) in [6.45, 7) is 0.244. The first-order chi connectivity index (χ1) is 14.7. The van der Waals surface area contributed by atoms with Gasteiger partial charge in [-0.05, 0) is 42.0 Å². The Morgan fingerprint density at radius 2 is 1.97 bits per heavy atom. The van der Waals surface area contributed by atoms with E-state index in [2.05, 4.69) is 15.0 Å². The smallest absolute Gasteiger partial charge is 0.258 e. The summed E-state index contributed by atoms with van der Waals surface area (Å²) in [5.41, 5.74) is 2.78. The summed E-state index contributed by atoms with van der Waals surface area (Å²) >= 11 is 0. The van der Waals surface area contributed by atoms with Crippen LogP contribution < -0.4 is 10.3 Å². The lowest BCUT2D eigenvalue weighted by Gasteiger charge is -2.09. The molecule has 5 rings (SSSR count). The van der Waals surface area contributed by atoms with Crippen LogP contribution in [0.3, 0.4) is 0 Å². The zero-order chi connectivity index (χ0) is 20.5. The third-order valence-corrected chi connectivity index (χ3v) is 4.62. The third kappa shape index (κ3) is 3.46. The van der Waals surface area contributed by atoms with Gasteiger partial charge in [0.25, 0.3) is 5.56 Å². The lowest BCUT2D eigenvalue weighted by atomic mass is 10.2. The van der Waals surface area contributed by atoms with E-state index in [1.54, 1.807) is 30.6 Å². The van der Waals surface area contributed by atoms with E-state index >= 15 is 0 Å². The van der Waals surface area contributed by atoms with E-state index in [0.717, 1.165) is 16.6 Å². The first-order valence-corrected chi connectivity index (χ1v) is 9.15. The fourth-order valence-electron chi connectivity index (χ4n) is 3.11. The van der Waals surface area contributed by atoms with E-state index in [-0.39, 0.29) is 18.0 Å². The summed E-state index contributed by atoms with van der Waals surface area (Å²) < 4.78 is 25.4. The molecule has 0 spiro atoms. The fraction of sp³-hybridized carbons (Fsp3) is 0.0455. The maximum absolute atomic E-state index is 13.0. The molecule has 0 aliphatic carbocycles. The van der Waals surface area contributed by atoms with Crippen molar-refractivity contribution in [3.05, 3.63) is 95.1 Å². The van der Waals surface area contributed by atoms with Gasteiger partial charge in [0.1, 0.15) is 18.2 Å². The molecule has 0 atom stereocenters. The van der Waals surface area contributed by atoms with Crippen LogP contribution in [0.5, 0.6) is 5.75 Å². The molecule has 0 amide bonds. The Morgan fingerprint density at radius 1 is 1.10 bits per heavy atom. The summed E-state index contributed by atoms with van der Waals surface area (Å²) in [7, 11) is 0. The van der Waals surface area contributed by atoms with Gasteiger partial charge in [-0.25, -0.2) is 14.4 Å². The second-order valence-electron chi connectivity index (χ2n) is 6.64. The van der Waals surface area contributed by atoms with Crippen LogP contribution >= 0.6 is 0 Å². The van der Waals surface area contributed by atoms with Gasteiger partial charge >= 0.3 is 0 Å². The van der Waals surface area contributed by atoms with Crippen molar-refractivity contribution in [1.29, 1.82) is 0 Å². The summed E-state index contributed by atoms with van der Waals surface area (Å²) in [5, 5.41) is 0. The molecule has 1 N–H and O–H groups in total. The highest BCUT2D eigenvalue weighted by atomic mass is 19.1. The number of rotatable bonds is 5. The molecule has 0 radical (unpaired) electrons. The molecular formula is C22H15FN4O3. The van der Waals surface area contributed by atoms with Crippen LogP contribution in [0.25, 0.3) is 28.3 Å². The van der Waals surface area contributed by atoms with Crippen molar-refractivity contribution in [3.63, 3.8) is 0 Å². The summed E-state index contributed by atoms with van der Waals surface area (Å²) in [6, 6.07) is 14.6. The number of hydrogen-bond donors (Lipinski definition) is 1.